The molecule has 17 heavy (non-hydrogen) atoms. The molecule has 0 saturated heterocycles. The van der Waals surface area contributed by atoms with E-state index in [4.69, 9.17) is 12.2 Å². The van der Waals surface area contributed by atoms with Crippen molar-refractivity contribution >= 4 is 39.2 Å². The van der Waals surface area contributed by atoms with Gasteiger partial charge in [0.1, 0.15) is 5.82 Å². The van der Waals surface area contributed by atoms with Crippen molar-refractivity contribution in [2.45, 2.75) is 19.9 Å². The summed E-state index contributed by atoms with van der Waals surface area (Å²) in [6.07, 6.45) is 4.95. The molecule has 0 aliphatic rings. The Bertz CT molecular complexity index is 627. The largest absolute Gasteiger partial charge is 0.331 e. The summed E-state index contributed by atoms with van der Waals surface area (Å²) in [5.74, 6) is -0.272. The van der Waals surface area contributed by atoms with Crippen LogP contribution >= 0.6 is 28.1 Å². The minimum atomic E-state index is -0.272. The van der Waals surface area contributed by atoms with Gasteiger partial charge in [0.05, 0.1) is 15.5 Å². The van der Waals surface area contributed by atoms with E-state index in [9.17, 15) is 4.39 Å². The molecule has 1 heterocycles. The Morgan fingerprint density at radius 1 is 1.53 bits per heavy atom. The molecule has 1 N–H and O–H groups in total. The van der Waals surface area contributed by atoms with Crippen LogP contribution in [0.2, 0.25) is 0 Å². The Balaban J connectivity index is 2.51. The van der Waals surface area contributed by atoms with Gasteiger partial charge in [-0.25, -0.2) is 4.39 Å². The Labute approximate surface area is 112 Å². The lowest BCUT2D eigenvalue weighted by atomic mass is 10.3. The lowest BCUT2D eigenvalue weighted by Gasteiger charge is -2.02. The molecule has 0 atom stereocenters. The lowest BCUT2D eigenvalue weighted by molar-refractivity contribution is 0.621. The monoisotopic (exact) mass is 314 g/mol. The van der Waals surface area contributed by atoms with Gasteiger partial charge < -0.3 is 9.55 Å². The van der Waals surface area contributed by atoms with Crippen LogP contribution in [-0.4, -0.2) is 9.55 Å². The average Bonchev–Trinajstić information content (AvgIpc) is 2.57. The molecular weight excluding hydrogens is 303 g/mol. The van der Waals surface area contributed by atoms with Crippen LogP contribution in [0.4, 0.5) is 4.39 Å². The van der Waals surface area contributed by atoms with E-state index < -0.39 is 0 Å². The normalized spacial score (nSPS) is 11.7. The van der Waals surface area contributed by atoms with Gasteiger partial charge in [0.2, 0.25) is 0 Å². The highest BCUT2D eigenvalue weighted by molar-refractivity contribution is 9.10. The minimum Gasteiger partial charge on any atom is -0.331 e. The minimum absolute atomic E-state index is 0.272. The van der Waals surface area contributed by atoms with Crippen molar-refractivity contribution in [1.82, 2.24) is 9.55 Å². The molecule has 0 saturated carbocycles. The van der Waals surface area contributed by atoms with Crippen LogP contribution in [0.3, 0.4) is 0 Å². The number of hydrogen-bond acceptors (Lipinski definition) is 1. The average molecular weight is 315 g/mol. The predicted octanol–water partition coefficient (Wildman–Crippen LogP) is 4.57. The first-order valence-corrected chi connectivity index (χ1v) is 6.52. The summed E-state index contributed by atoms with van der Waals surface area (Å²) < 4.78 is 16.5. The highest BCUT2D eigenvalue weighted by Crippen LogP contribution is 2.23. The molecule has 0 unspecified atom stereocenters. The number of aromatic amines is 1. The van der Waals surface area contributed by atoms with Gasteiger partial charge >= 0.3 is 0 Å². The topological polar surface area (TPSA) is 20.7 Å². The van der Waals surface area contributed by atoms with Crippen LogP contribution in [-0.2, 0) is 6.54 Å². The number of H-pyrrole nitrogens is 1. The number of nitrogens with one attached hydrogen (secondary N) is 1. The second-order valence-electron chi connectivity index (χ2n) is 3.72. The third kappa shape index (κ3) is 2.50. The number of hydrogen-bond donors (Lipinski definition) is 1. The number of fused-ring (bicyclic) bond motifs is 1. The lowest BCUT2D eigenvalue weighted by Crippen LogP contribution is -1.96. The van der Waals surface area contributed by atoms with E-state index in [-0.39, 0.29) is 5.82 Å². The summed E-state index contributed by atoms with van der Waals surface area (Å²) in [5, 5.41) is 0. The van der Waals surface area contributed by atoms with E-state index in [1.54, 1.807) is 6.07 Å². The Morgan fingerprint density at radius 2 is 2.29 bits per heavy atom. The Morgan fingerprint density at radius 3 is 3.00 bits per heavy atom. The van der Waals surface area contributed by atoms with E-state index >= 15 is 0 Å². The quantitative estimate of drug-likeness (QED) is 0.650. The highest BCUT2D eigenvalue weighted by Gasteiger charge is 2.08. The van der Waals surface area contributed by atoms with Gasteiger partial charge in [0, 0.05) is 12.6 Å². The van der Waals surface area contributed by atoms with Crippen LogP contribution in [0.1, 0.15) is 13.3 Å². The number of aromatic nitrogens is 2. The van der Waals surface area contributed by atoms with Crippen molar-refractivity contribution < 1.29 is 4.39 Å². The van der Waals surface area contributed by atoms with Crippen molar-refractivity contribution in [2.75, 3.05) is 0 Å². The molecule has 0 amide bonds. The predicted molar refractivity (Wildman–Crippen MR) is 74.2 cm³/mol. The van der Waals surface area contributed by atoms with Crippen LogP contribution < -0.4 is 0 Å². The molecule has 0 bridgehead atoms. The van der Waals surface area contributed by atoms with Crippen molar-refractivity contribution in [3.63, 3.8) is 0 Å². The van der Waals surface area contributed by atoms with E-state index in [0.29, 0.717) is 9.24 Å². The number of rotatable bonds is 3. The van der Waals surface area contributed by atoms with E-state index in [2.05, 4.69) is 27.0 Å². The standard InChI is InChI=1S/C12H12BrFN2S/c1-2-3-4-5-16-11-7-9(14)8(13)6-10(11)15-12(16)17/h2-3,6-7H,4-5H2,1H3,(H,15,17)/b3-2+. The fourth-order valence-corrected chi connectivity index (χ4v) is 2.39. The van der Waals surface area contributed by atoms with Gasteiger partial charge in [-0.15, -0.1) is 0 Å². The maximum Gasteiger partial charge on any atom is 0.178 e. The van der Waals surface area contributed by atoms with Crippen molar-refractivity contribution in [3.8, 4) is 0 Å². The number of aryl methyl sites for hydroxylation is 1. The Kier molecular flexibility index (Phi) is 3.79. The number of benzene rings is 1. The molecule has 0 spiro atoms. The SMILES string of the molecule is C/C=C/CCn1c(=S)[nH]c2cc(Br)c(F)cc21. The summed E-state index contributed by atoms with van der Waals surface area (Å²) in [4.78, 5) is 3.08. The van der Waals surface area contributed by atoms with Crippen LogP contribution in [0.25, 0.3) is 11.0 Å². The summed E-state index contributed by atoms with van der Waals surface area (Å²) in [6, 6.07) is 3.22. The molecule has 1 aromatic carbocycles. The molecule has 90 valence electrons. The highest BCUT2D eigenvalue weighted by atomic mass is 79.9. The molecule has 2 nitrogen and oxygen atoms in total. The summed E-state index contributed by atoms with van der Waals surface area (Å²) in [6.45, 7) is 2.73. The van der Waals surface area contributed by atoms with Crippen LogP contribution in [0, 0.1) is 10.6 Å². The van der Waals surface area contributed by atoms with Gasteiger partial charge in [0.25, 0.3) is 0 Å². The van der Waals surface area contributed by atoms with Gasteiger partial charge in [-0.2, -0.15) is 0 Å². The first-order valence-electron chi connectivity index (χ1n) is 5.32. The zero-order valence-corrected chi connectivity index (χ0v) is 11.7. The molecular formula is C12H12BrFN2S. The third-order valence-corrected chi connectivity index (χ3v) is 3.50. The van der Waals surface area contributed by atoms with Crippen LogP contribution in [0.15, 0.2) is 28.8 Å². The zero-order valence-electron chi connectivity index (χ0n) is 9.34. The molecule has 0 fully saturated rings. The van der Waals surface area contributed by atoms with Gasteiger partial charge in [-0.3, -0.25) is 0 Å². The maximum absolute atomic E-state index is 13.5. The molecule has 0 radical (unpaired) electrons. The molecule has 0 aliphatic heterocycles. The fraction of sp³-hybridized carbons (Fsp3) is 0.250. The number of imidazole rings is 1. The molecule has 0 aliphatic carbocycles. The summed E-state index contributed by atoms with van der Waals surface area (Å²) in [7, 11) is 0. The third-order valence-electron chi connectivity index (χ3n) is 2.57. The first-order chi connectivity index (χ1) is 8.13. The van der Waals surface area contributed by atoms with Crippen molar-refractivity contribution in [2.24, 2.45) is 0 Å². The second kappa shape index (κ2) is 5.14. The first kappa shape index (κ1) is 12.5. The van der Waals surface area contributed by atoms with Crippen molar-refractivity contribution in [3.05, 3.63) is 39.3 Å². The smallest absolute Gasteiger partial charge is 0.178 e. The summed E-state index contributed by atoms with van der Waals surface area (Å²) in [5.41, 5.74) is 1.66. The molecule has 2 rings (SSSR count). The number of halogens is 2. The second-order valence-corrected chi connectivity index (χ2v) is 4.96. The van der Waals surface area contributed by atoms with Crippen LogP contribution in [0.5, 0.6) is 0 Å². The van der Waals surface area contributed by atoms with Crippen molar-refractivity contribution in [1.29, 1.82) is 0 Å². The summed E-state index contributed by atoms with van der Waals surface area (Å²) >= 11 is 8.40. The Hall–Kier alpha value is -0.940. The molecule has 1 aromatic heterocycles. The molecule has 2 aromatic rings. The number of nitrogens with zero attached hydrogens (tertiary/aromatic N) is 1. The van der Waals surface area contributed by atoms with E-state index in [1.807, 2.05) is 17.6 Å². The van der Waals surface area contributed by atoms with E-state index in [1.165, 1.54) is 6.07 Å². The van der Waals surface area contributed by atoms with Gasteiger partial charge in [-0.1, -0.05) is 12.2 Å². The fourth-order valence-electron chi connectivity index (χ4n) is 1.74. The molecule has 5 heteroatoms. The number of allylic oxidation sites excluding steroid dienone is 2. The van der Waals surface area contributed by atoms with Gasteiger partial charge in [0.15, 0.2) is 4.77 Å². The van der Waals surface area contributed by atoms with Gasteiger partial charge in [-0.05, 0) is 47.6 Å². The van der Waals surface area contributed by atoms with E-state index in [0.717, 1.165) is 24.0 Å². The zero-order chi connectivity index (χ0) is 12.4. The maximum atomic E-state index is 13.5.